The highest BCUT2D eigenvalue weighted by molar-refractivity contribution is 7.09. The first-order valence-electron chi connectivity index (χ1n) is 6.43. The van der Waals surface area contributed by atoms with Crippen molar-refractivity contribution >= 4 is 23.2 Å². The van der Waals surface area contributed by atoms with Crippen LogP contribution in [0, 0.1) is 6.92 Å². The molecule has 22 heavy (non-hydrogen) atoms. The maximum atomic E-state index is 12.3. The van der Waals surface area contributed by atoms with Crippen molar-refractivity contribution in [2.24, 2.45) is 0 Å². The zero-order chi connectivity index (χ0) is 16.3. The number of nitrogens with zero attached hydrogens (tertiary/aromatic N) is 2. The number of aryl methyl sites for hydroxylation is 1. The summed E-state index contributed by atoms with van der Waals surface area (Å²) in [5.74, 6) is -0.577. The van der Waals surface area contributed by atoms with Crippen LogP contribution in [0.25, 0.3) is 0 Å². The third-order valence-corrected chi connectivity index (χ3v) is 3.80. The van der Waals surface area contributed by atoms with Gasteiger partial charge >= 0.3 is 5.97 Å². The van der Waals surface area contributed by atoms with E-state index < -0.39 is 5.97 Å². The van der Waals surface area contributed by atoms with Gasteiger partial charge in [0.25, 0.3) is 5.91 Å². The second kappa shape index (κ2) is 6.71. The molecule has 0 aliphatic rings. The molecule has 0 saturated carbocycles. The van der Waals surface area contributed by atoms with E-state index in [2.05, 4.69) is 4.98 Å². The Morgan fingerprint density at radius 2 is 2.23 bits per heavy atom. The summed E-state index contributed by atoms with van der Waals surface area (Å²) in [4.78, 5) is 28.9. The van der Waals surface area contributed by atoms with Gasteiger partial charge in [0.2, 0.25) is 0 Å². The van der Waals surface area contributed by atoms with Gasteiger partial charge in [-0.25, -0.2) is 9.78 Å². The summed E-state index contributed by atoms with van der Waals surface area (Å²) >= 11 is 1.35. The number of ether oxygens (including phenoxy) is 1. The molecule has 2 aromatic heterocycles. The Morgan fingerprint density at radius 1 is 1.50 bits per heavy atom. The maximum Gasteiger partial charge on any atom is 0.339 e. The third kappa shape index (κ3) is 3.52. The monoisotopic (exact) mass is 324 g/mol. The Balaban J connectivity index is 2.07. The Morgan fingerprint density at radius 3 is 2.82 bits per heavy atom. The largest absolute Gasteiger partial charge is 0.478 e. The quantitative estimate of drug-likeness (QED) is 0.875. The van der Waals surface area contributed by atoms with Crippen LogP contribution < -0.4 is 0 Å². The van der Waals surface area contributed by atoms with Crippen LogP contribution in [-0.2, 0) is 17.9 Å². The van der Waals surface area contributed by atoms with Crippen LogP contribution in [0.2, 0.25) is 0 Å². The van der Waals surface area contributed by atoms with Crippen LogP contribution >= 0.6 is 11.3 Å². The minimum absolute atomic E-state index is 0.104. The maximum absolute atomic E-state index is 12.3. The molecule has 2 rings (SSSR count). The topological polar surface area (TPSA) is 92.9 Å². The first-order valence-corrected chi connectivity index (χ1v) is 7.31. The minimum atomic E-state index is -1.05. The second-order valence-electron chi connectivity index (χ2n) is 4.71. The Kier molecular flexibility index (Phi) is 4.94. The van der Waals surface area contributed by atoms with Gasteiger partial charge in [0.1, 0.15) is 27.8 Å². The number of furan rings is 1. The van der Waals surface area contributed by atoms with E-state index in [9.17, 15) is 9.59 Å². The van der Waals surface area contributed by atoms with E-state index >= 15 is 0 Å². The van der Waals surface area contributed by atoms with Crippen molar-refractivity contribution < 1.29 is 23.8 Å². The Bertz CT molecular complexity index is 691. The number of carbonyl (C=O) groups excluding carboxylic acids is 1. The minimum Gasteiger partial charge on any atom is -0.478 e. The van der Waals surface area contributed by atoms with Gasteiger partial charge in [-0.1, -0.05) is 0 Å². The molecule has 0 atom stereocenters. The van der Waals surface area contributed by atoms with Gasteiger partial charge in [-0.2, -0.15) is 0 Å². The van der Waals surface area contributed by atoms with Crippen LogP contribution in [-0.4, -0.2) is 41.0 Å². The molecule has 0 unspecified atom stereocenters. The molecule has 118 valence electrons. The number of hydrogen-bond donors (Lipinski definition) is 1. The fourth-order valence-electron chi connectivity index (χ4n) is 1.93. The average molecular weight is 324 g/mol. The lowest BCUT2D eigenvalue weighted by atomic mass is 10.2. The Labute approximate surface area is 131 Å². The molecule has 7 nitrogen and oxygen atoms in total. The summed E-state index contributed by atoms with van der Waals surface area (Å²) in [7, 11) is 3.17. The number of aromatic nitrogens is 1. The lowest BCUT2D eigenvalue weighted by Gasteiger charge is -2.13. The fourth-order valence-corrected chi connectivity index (χ4v) is 2.67. The Hall–Kier alpha value is -2.19. The number of carbonyl (C=O) groups is 2. The molecule has 0 bridgehead atoms. The van der Waals surface area contributed by atoms with Crippen molar-refractivity contribution in [2.75, 3.05) is 14.2 Å². The van der Waals surface area contributed by atoms with Crippen molar-refractivity contribution in [3.8, 4) is 0 Å². The molecule has 0 aromatic carbocycles. The number of thiazole rings is 1. The molecule has 1 amide bonds. The van der Waals surface area contributed by atoms with E-state index in [1.807, 2.05) is 0 Å². The average Bonchev–Trinajstić information content (AvgIpc) is 3.05. The molecule has 1 N–H and O–H groups in total. The number of amides is 1. The zero-order valence-corrected chi connectivity index (χ0v) is 13.3. The van der Waals surface area contributed by atoms with Crippen LogP contribution in [0.15, 0.2) is 15.9 Å². The zero-order valence-electron chi connectivity index (χ0n) is 12.5. The van der Waals surface area contributed by atoms with Crippen molar-refractivity contribution in [3.63, 3.8) is 0 Å². The molecule has 2 aromatic rings. The predicted octanol–water partition coefficient (Wildman–Crippen LogP) is 2.16. The highest BCUT2D eigenvalue weighted by Gasteiger charge is 2.19. The molecule has 0 aliphatic carbocycles. The van der Waals surface area contributed by atoms with Crippen LogP contribution in [0.1, 0.15) is 37.4 Å². The summed E-state index contributed by atoms with van der Waals surface area (Å²) in [6, 6.07) is 1.43. The molecule has 0 saturated heterocycles. The molecule has 8 heteroatoms. The highest BCUT2D eigenvalue weighted by Crippen LogP contribution is 2.18. The van der Waals surface area contributed by atoms with E-state index in [-0.39, 0.29) is 18.0 Å². The van der Waals surface area contributed by atoms with Crippen LogP contribution in [0.5, 0.6) is 0 Å². The number of rotatable bonds is 6. The molecule has 0 fully saturated rings. The summed E-state index contributed by atoms with van der Waals surface area (Å²) < 4.78 is 10.3. The van der Waals surface area contributed by atoms with E-state index in [1.54, 1.807) is 26.5 Å². The van der Waals surface area contributed by atoms with Gasteiger partial charge in [-0.15, -0.1) is 11.3 Å². The van der Waals surface area contributed by atoms with Gasteiger partial charge < -0.3 is 19.2 Å². The molecular weight excluding hydrogens is 308 g/mol. The van der Waals surface area contributed by atoms with E-state index in [0.717, 1.165) is 5.01 Å². The lowest BCUT2D eigenvalue weighted by Crippen LogP contribution is -2.26. The van der Waals surface area contributed by atoms with Crippen molar-refractivity contribution in [1.29, 1.82) is 0 Å². The first kappa shape index (κ1) is 16.2. The van der Waals surface area contributed by atoms with Gasteiger partial charge in [0.15, 0.2) is 0 Å². The summed E-state index contributed by atoms with van der Waals surface area (Å²) in [5, 5.41) is 11.4. The first-order chi connectivity index (χ1) is 10.4. The van der Waals surface area contributed by atoms with Crippen molar-refractivity contribution in [2.45, 2.75) is 20.1 Å². The SMILES string of the molecule is COCc1nc(C(=O)N(C)Cc2cc(C(=O)O)c(C)o2)cs1. The van der Waals surface area contributed by atoms with Crippen molar-refractivity contribution in [1.82, 2.24) is 9.88 Å². The number of hydrogen-bond acceptors (Lipinski definition) is 6. The van der Waals surface area contributed by atoms with Crippen LogP contribution in [0.4, 0.5) is 0 Å². The fraction of sp³-hybridized carbons (Fsp3) is 0.357. The number of methoxy groups -OCH3 is 1. The molecule has 2 heterocycles. The van der Waals surface area contributed by atoms with E-state index in [4.69, 9.17) is 14.3 Å². The second-order valence-corrected chi connectivity index (χ2v) is 5.65. The van der Waals surface area contributed by atoms with E-state index in [0.29, 0.717) is 23.8 Å². The van der Waals surface area contributed by atoms with Gasteiger partial charge in [-0.3, -0.25) is 4.79 Å². The summed E-state index contributed by atoms with van der Waals surface area (Å²) in [6.07, 6.45) is 0. The standard InChI is InChI=1S/C14H16N2O5S/c1-8-10(14(18)19)4-9(21-8)5-16(2)13(17)11-7-22-12(15-11)6-20-3/h4,7H,5-6H2,1-3H3,(H,18,19). The van der Waals surface area contributed by atoms with Gasteiger partial charge in [0, 0.05) is 19.5 Å². The highest BCUT2D eigenvalue weighted by atomic mass is 32.1. The molecule has 0 radical (unpaired) electrons. The van der Waals surface area contributed by atoms with Gasteiger partial charge in [0.05, 0.1) is 13.2 Å². The molecule has 0 aliphatic heterocycles. The predicted molar refractivity (Wildman–Crippen MR) is 79.0 cm³/mol. The summed E-state index contributed by atoms with van der Waals surface area (Å²) in [6.45, 7) is 2.11. The third-order valence-electron chi connectivity index (χ3n) is 2.98. The molecule has 0 spiro atoms. The summed E-state index contributed by atoms with van der Waals surface area (Å²) in [5.41, 5.74) is 0.438. The van der Waals surface area contributed by atoms with Crippen LogP contribution in [0.3, 0.4) is 0 Å². The van der Waals surface area contributed by atoms with E-state index in [1.165, 1.54) is 22.3 Å². The smallest absolute Gasteiger partial charge is 0.339 e. The normalized spacial score (nSPS) is 10.7. The number of carboxylic acid groups (broad SMARTS) is 1. The molecular formula is C14H16N2O5S. The van der Waals surface area contributed by atoms with Crippen molar-refractivity contribution in [3.05, 3.63) is 39.2 Å². The lowest BCUT2D eigenvalue weighted by molar-refractivity contribution is 0.0694. The van der Waals surface area contributed by atoms with Gasteiger partial charge in [-0.05, 0) is 13.0 Å². The number of carboxylic acids is 1. The number of aromatic carboxylic acids is 1.